The Hall–Kier alpha value is -2.62. The summed E-state index contributed by atoms with van der Waals surface area (Å²) < 4.78 is 5.78. The highest BCUT2D eigenvalue weighted by Crippen LogP contribution is 2.20. The van der Waals surface area contributed by atoms with Crippen molar-refractivity contribution < 1.29 is 9.53 Å². The highest BCUT2D eigenvalue weighted by atomic mass is 35.5. The minimum Gasteiger partial charge on any atom is -0.377 e. The zero-order valence-corrected chi connectivity index (χ0v) is 20.2. The number of urea groups is 1. The predicted octanol–water partition coefficient (Wildman–Crippen LogP) is 2.79. The predicted molar refractivity (Wildman–Crippen MR) is 134 cm³/mol. The van der Waals surface area contributed by atoms with Crippen LogP contribution in [0, 0.1) is 0 Å². The van der Waals surface area contributed by atoms with Gasteiger partial charge in [-0.1, -0.05) is 11.6 Å². The Bertz CT molecular complexity index is 937. The largest absolute Gasteiger partial charge is 0.377 e. The Morgan fingerprint density at radius 1 is 0.912 bits per heavy atom. The van der Waals surface area contributed by atoms with Crippen LogP contribution in [0.15, 0.2) is 36.4 Å². The van der Waals surface area contributed by atoms with Crippen LogP contribution in [0.4, 0.5) is 22.1 Å². The zero-order valence-electron chi connectivity index (χ0n) is 19.4. The number of amides is 2. The minimum atomic E-state index is -0.0953. The van der Waals surface area contributed by atoms with E-state index in [1.807, 2.05) is 11.0 Å². The van der Waals surface area contributed by atoms with Gasteiger partial charge in [0.25, 0.3) is 0 Å². The van der Waals surface area contributed by atoms with Crippen LogP contribution in [0.3, 0.4) is 0 Å². The molecule has 182 valence electrons. The van der Waals surface area contributed by atoms with Gasteiger partial charge in [0.1, 0.15) is 0 Å². The first kappa shape index (κ1) is 23.1. The highest BCUT2D eigenvalue weighted by Gasteiger charge is 2.25. The Morgan fingerprint density at radius 3 is 2.09 bits per heavy atom. The maximum Gasteiger partial charge on any atom is 0.321 e. The van der Waals surface area contributed by atoms with Gasteiger partial charge in [-0.15, -0.1) is 10.2 Å². The molecule has 3 aliphatic rings. The zero-order chi connectivity index (χ0) is 23.3. The maximum absolute atomic E-state index is 12.6. The number of halogens is 1. The van der Waals surface area contributed by atoms with Crippen LogP contribution in [-0.4, -0.2) is 97.6 Å². The van der Waals surface area contributed by atoms with Crippen LogP contribution < -0.4 is 15.1 Å². The SMILES string of the molecule is O=C(Nc1ccc(Cl)cc1)N1CCN(c2ccc(N3CCN(CC4CCCO4)CC3)nn2)CC1. The summed E-state index contributed by atoms with van der Waals surface area (Å²) >= 11 is 5.91. The smallest absolute Gasteiger partial charge is 0.321 e. The molecule has 0 aliphatic carbocycles. The second-order valence-corrected chi connectivity index (χ2v) is 9.52. The molecule has 0 radical (unpaired) electrons. The molecule has 5 rings (SSSR count). The molecule has 1 atom stereocenters. The van der Waals surface area contributed by atoms with Crippen molar-refractivity contribution in [2.45, 2.75) is 18.9 Å². The van der Waals surface area contributed by atoms with Crippen molar-refractivity contribution in [3.05, 3.63) is 41.4 Å². The molecule has 3 saturated heterocycles. The van der Waals surface area contributed by atoms with Crippen molar-refractivity contribution in [2.24, 2.45) is 0 Å². The molecule has 4 heterocycles. The van der Waals surface area contributed by atoms with Crippen LogP contribution >= 0.6 is 11.6 Å². The van der Waals surface area contributed by atoms with Gasteiger partial charge >= 0.3 is 6.03 Å². The third-order valence-electron chi connectivity index (χ3n) is 6.80. The number of benzene rings is 1. The van der Waals surface area contributed by atoms with Crippen molar-refractivity contribution in [1.29, 1.82) is 0 Å². The Labute approximate surface area is 205 Å². The Balaban J connectivity index is 1.07. The number of nitrogens with one attached hydrogen (secondary N) is 1. The quantitative estimate of drug-likeness (QED) is 0.697. The van der Waals surface area contributed by atoms with Crippen LogP contribution in [0.25, 0.3) is 0 Å². The minimum absolute atomic E-state index is 0.0953. The molecule has 1 aromatic heterocycles. The van der Waals surface area contributed by atoms with Gasteiger partial charge in [0.2, 0.25) is 0 Å². The molecular formula is C24H32ClN7O2. The molecule has 1 unspecified atom stereocenters. The number of carbonyl (C=O) groups is 1. The number of ether oxygens (including phenoxy) is 1. The van der Waals surface area contributed by atoms with Crippen molar-refractivity contribution in [1.82, 2.24) is 20.0 Å². The summed E-state index contributed by atoms with van der Waals surface area (Å²) in [4.78, 5) is 21.4. The topological polar surface area (TPSA) is 77.1 Å². The second kappa shape index (κ2) is 10.8. The summed E-state index contributed by atoms with van der Waals surface area (Å²) in [6.07, 6.45) is 2.79. The highest BCUT2D eigenvalue weighted by molar-refractivity contribution is 6.30. The van der Waals surface area contributed by atoms with Crippen LogP contribution in [0.1, 0.15) is 12.8 Å². The summed E-state index contributed by atoms with van der Waals surface area (Å²) in [5.74, 6) is 1.79. The summed E-state index contributed by atoms with van der Waals surface area (Å²) in [5, 5.41) is 12.6. The van der Waals surface area contributed by atoms with Crippen molar-refractivity contribution >= 4 is 35.0 Å². The molecule has 0 saturated carbocycles. The van der Waals surface area contributed by atoms with Crippen molar-refractivity contribution in [3.63, 3.8) is 0 Å². The number of aromatic nitrogens is 2. The number of piperazine rings is 2. The fourth-order valence-corrected chi connectivity index (χ4v) is 4.89. The number of anilines is 3. The first-order chi connectivity index (χ1) is 16.6. The van der Waals surface area contributed by atoms with E-state index in [-0.39, 0.29) is 6.03 Å². The number of nitrogens with zero attached hydrogens (tertiary/aromatic N) is 6. The third-order valence-corrected chi connectivity index (χ3v) is 7.06. The van der Waals surface area contributed by atoms with Gasteiger partial charge in [-0.3, -0.25) is 4.90 Å². The van der Waals surface area contributed by atoms with Crippen LogP contribution in [-0.2, 0) is 4.74 Å². The molecule has 34 heavy (non-hydrogen) atoms. The summed E-state index contributed by atoms with van der Waals surface area (Å²) in [7, 11) is 0. The molecule has 3 aliphatic heterocycles. The van der Waals surface area contributed by atoms with E-state index in [0.29, 0.717) is 24.2 Å². The number of hydrogen-bond acceptors (Lipinski definition) is 7. The monoisotopic (exact) mass is 485 g/mol. The molecule has 1 aromatic carbocycles. The van der Waals surface area contributed by atoms with E-state index in [4.69, 9.17) is 16.3 Å². The van der Waals surface area contributed by atoms with Crippen molar-refractivity contribution in [2.75, 3.05) is 80.6 Å². The molecule has 0 bridgehead atoms. The van der Waals surface area contributed by atoms with E-state index in [1.54, 1.807) is 24.3 Å². The molecule has 3 fully saturated rings. The molecule has 0 spiro atoms. The van der Waals surface area contributed by atoms with Crippen molar-refractivity contribution in [3.8, 4) is 0 Å². The van der Waals surface area contributed by atoms with E-state index in [9.17, 15) is 4.79 Å². The van der Waals surface area contributed by atoms with Gasteiger partial charge in [-0.2, -0.15) is 0 Å². The van der Waals surface area contributed by atoms with Crippen LogP contribution in [0.2, 0.25) is 5.02 Å². The maximum atomic E-state index is 12.6. The Morgan fingerprint density at radius 2 is 1.53 bits per heavy atom. The first-order valence-electron chi connectivity index (χ1n) is 12.1. The average Bonchev–Trinajstić information content (AvgIpc) is 3.39. The van der Waals surface area contributed by atoms with E-state index in [1.165, 1.54) is 12.8 Å². The lowest BCUT2D eigenvalue weighted by atomic mass is 10.2. The lowest BCUT2D eigenvalue weighted by Crippen LogP contribution is -2.50. The lowest BCUT2D eigenvalue weighted by molar-refractivity contribution is 0.0712. The summed E-state index contributed by atoms with van der Waals surface area (Å²) in [5.41, 5.74) is 0.742. The van der Waals surface area contributed by atoms with E-state index in [0.717, 1.165) is 69.7 Å². The summed E-state index contributed by atoms with van der Waals surface area (Å²) in [6, 6.07) is 11.2. The average molecular weight is 486 g/mol. The molecular weight excluding hydrogens is 454 g/mol. The Kier molecular flexibility index (Phi) is 7.32. The molecule has 2 amide bonds. The van der Waals surface area contributed by atoms with Gasteiger partial charge in [-0.05, 0) is 49.2 Å². The number of rotatable bonds is 5. The van der Waals surface area contributed by atoms with Gasteiger partial charge in [0, 0.05) is 76.2 Å². The van der Waals surface area contributed by atoms with E-state index < -0.39 is 0 Å². The molecule has 10 heteroatoms. The molecule has 1 N–H and O–H groups in total. The molecule has 2 aromatic rings. The summed E-state index contributed by atoms with van der Waals surface area (Å²) in [6.45, 7) is 8.66. The molecule has 9 nitrogen and oxygen atoms in total. The fourth-order valence-electron chi connectivity index (χ4n) is 4.77. The van der Waals surface area contributed by atoms with E-state index >= 15 is 0 Å². The van der Waals surface area contributed by atoms with Gasteiger partial charge < -0.3 is 24.8 Å². The third kappa shape index (κ3) is 5.71. The van der Waals surface area contributed by atoms with Gasteiger partial charge in [-0.25, -0.2) is 4.79 Å². The van der Waals surface area contributed by atoms with Gasteiger partial charge in [0.15, 0.2) is 11.6 Å². The number of hydrogen-bond donors (Lipinski definition) is 1. The lowest BCUT2D eigenvalue weighted by Gasteiger charge is -2.37. The van der Waals surface area contributed by atoms with Crippen LogP contribution in [0.5, 0.6) is 0 Å². The normalized spacial score (nSPS) is 21.7. The number of carbonyl (C=O) groups excluding carboxylic acids is 1. The standard InChI is InChI=1S/C24H32ClN7O2/c25-19-3-5-20(6-4-19)26-24(33)32-15-13-31(14-16-32)23-8-7-22(27-28-23)30-11-9-29(10-12-30)18-21-2-1-17-34-21/h3-8,21H,1-2,9-18H2,(H,26,33). The van der Waals surface area contributed by atoms with Gasteiger partial charge in [0.05, 0.1) is 6.10 Å². The fraction of sp³-hybridized carbons (Fsp3) is 0.542. The van der Waals surface area contributed by atoms with E-state index in [2.05, 4.69) is 36.3 Å². The first-order valence-corrected chi connectivity index (χ1v) is 12.5. The second-order valence-electron chi connectivity index (χ2n) is 9.08.